The van der Waals surface area contributed by atoms with Crippen molar-refractivity contribution in [3.05, 3.63) is 71.3 Å². The molecule has 0 spiro atoms. The van der Waals surface area contributed by atoms with Crippen LogP contribution < -0.4 is 5.32 Å². The van der Waals surface area contributed by atoms with Crippen LogP contribution in [0.2, 0.25) is 0 Å². The predicted octanol–water partition coefficient (Wildman–Crippen LogP) is 2.37. The van der Waals surface area contributed by atoms with Gasteiger partial charge in [-0.05, 0) is 48.0 Å². The number of esters is 2. The molecule has 8 nitrogen and oxygen atoms in total. The van der Waals surface area contributed by atoms with Gasteiger partial charge in [0, 0.05) is 31.4 Å². The van der Waals surface area contributed by atoms with Crippen LogP contribution in [0.4, 0.5) is 5.69 Å². The second-order valence-electron chi connectivity index (χ2n) is 6.38. The van der Waals surface area contributed by atoms with Crippen molar-refractivity contribution in [1.29, 1.82) is 0 Å². The number of methoxy groups -OCH3 is 1. The highest BCUT2D eigenvalue weighted by atomic mass is 16.5. The molecule has 2 rings (SSSR count). The van der Waals surface area contributed by atoms with Gasteiger partial charge in [0.1, 0.15) is 0 Å². The first-order chi connectivity index (χ1) is 14.3. The summed E-state index contributed by atoms with van der Waals surface area (Å²) in [5, 5.41) is 2.58. The Bertz CT molecular complexity index is 947. The van der Waals surface area contributed by atoms with Crippen LogP contribution in [0.15, 0.2) is 54.6 Å². The summed E-state index contributed by atoms with van der Waals surface area (Å²) in [6.07, 6.45) is 2.68. The molecule has 2 amide bonds. The molecule has 30 heavy (non-hydrogen) atoms. The zero-order chi connectivity index (χ0) is 22.1. The molecular formula is C22H22N2O6. The largest absolute Gasteiger partial charge is 0.465 e. The lowest BCUT2D eigenvalue weighted by molar-refractivity contribution is -0.142. The Hall–Kier alpha value is -3.94. The minimum Gasteiger partial charge on any atom is -0.465 e. The molecule has 2 aromatic carbocycles. The van der Waals surface area contributed by atoms with E-state index in [1.165, 1.54) is 24.2 Å². The normalized spacial score (nSPS) is 10.4. The number of benzene rings is 2. The van der Waals surface area contributed by atoms with Crippen LogP contribution in [-0.4, -0.2) is 56.5 Å². The lowest BCUT2D eigenvalue weighted by atomic mass is 10.1. The van der Waals surface area contributed by atoms with Crippen LogP contribution in [0.1, 0.15) is 26.3 Å². The topological polar surface area (TPSA) is 102 Å². The zero-order valence-electron chi connectivity index (χ0n) is 16.9. The maximum Gasteiger partial charge on any atom is 0.337 e. The number of carbonyl (C=O) groups is 4. The Kier molecular flexibility index (Phi) is 7.87. The van der Waals surface area contributed by atoms with Gasteiger partial charge in [0.15, 0.2) is 6.61 Å². The molecule has 0 saturated carbocycles. The number of ether oxygens (including phenoxy) is 2. The third-order valence-corrected chi connectivity index (χ3v) is 3.91. The molecule has 2 aromatic rings. The number of rotatable bonds is 7. The highest BCUT2D eigenvalue weighted by molar-refractivity contribution is 5.97. The zero-order valence-corrected chi connectivity index (χ0v) is 16.9. The van der Waals surface area contributed by atoms with Crippen LogP contribution >= 0.6 is 0 Å². The molecule has 0 bridgehead atoms. The highest BCUT2D eigenvalue weighted by Gasteiger charge is 2.09. The maximum atomic E-state index is 11.9. The first kappa shape index (κ1) is 22.4. The molecule has 0 aliphatic rings. The van der Waals surface area contributed by atoms with Gasteiger partial charge in [0.25, 0.3) is 11.8 Å². The molecule has 0 atom stereocenters. The van der Waals surface area contributed by atoms with Crippen LogP contribution in [-0.2, 0) is 19.1 Å². The van der Waals surface area contributed by atoms with Crippen LogP contribution in [0.25, 0.3) is 6.08 Å². The fourth-order valence-electron chi connectivity index (χ4n) is 2.35. The summed E-state index contributed by atoms with van der Waals surface area (Å²) in [5.41, 5.74) is 2.05. The van der Waals surface area contributed by atoms with E-state index >= 15 is 0 Å². The van der Waals surface area contributed by atoms with Crippen molar-refractivity contribution < 1.29 is 28.7 Å². The summed E-state index contributed by atoms with van der Waals surface area (Å²) in [7, 11) is 4.60. The lowest BCUT2D eigenvalue weighted by Gasteiger charge is -2.11. The molecule has 0 fully saturated rings. The van der Waals surface area contributed by atoms with Crippen molar-refractivity contribution in [3.8, 4) is 0 Å². The fourth-order valence-corrected chi connectivity index (χ4v) is 2.35. The summed E-state index contributed by atoms with van der Waals surface area (Å²) in [6.45, 7) is -0.456. The average molecular weight is 410 g/mol. The Morgan fingerprint density at radius 2 is 1.53 bits per heavy atom. The Morgan fingerprint density at radius 3 is 2.10 bits per heavy atom. The van der Waals surface area contributed by atoms with Gasteiger partial charge >= 0.3 is 11.9 Å². The molecule has 1 N–H and O–H groups in total. The predicted molar refractivity (Wildman–Crippen MR) is 111 cm³/mol. The molecule has 0 saturated heterocycles. The van der Waals surface area contributed by atoms with Gasteiger partial charge in [0.2, 0.25) is 0 Å². The number of nitrogens with one attached hydrogen (secondary N) is 1. The number of amides is 2. The van der Waals surface area contributed by atoms with E-state index in [1.807, 2.05) is 0 Å². The number of hydrogen-bond acceptors (Lipinski definition) is 6. The SMILES string of the molecule is COC(=O)c1ccc(/C=C/C(=O)OCC(=O)Nc2ccc(C(=O)N(C)C)cc2)cc1. The van der Waals surface area contributed by atoms with E-state index in [1.54, 1.807) is 62.6 Å². The number of anilines is 1. The summed E-state index contributed by atoms with van der Waals surface area (Å²) >= 11 is 0. The number of carbonyl (C=O) groups excluding carboxylic acids is 4. The number of nitrogens with zero attached hydrogens (tertiary/aromatic N) is 1. The smallest absolute Gasteiger partial charge is 0.337 e. The van der Waals surface area contributed by atoms with Gasteiger partial charge in [-0.1, -0.05) is 12.1 Å². The Labute approximate surface area is 174 Å². The molecule has 0 unspecified atom stereocenters. The van der Waals surface area contributed by atoms with Crippen LogP contribution in [0, 0.1) is 0 Å². The van der Waals surface area contributed by atoms with Crippen molar-refractivity contribution in [2.45, 2.75) is 0 Å². The second kappa shape index (κ2) is 10.6. The van der Waals surface area contributed by atoms with Crippen molar-refractivity contribution in [3.63, 3.8) is 0 Å². The van der Waals surface area contributed by atoms with Gasteiger partial charge in [-0.2, -0.15) is 0 Å². The average Bonchev–Trinajstić information content (AvgIpc) is 2.76. The van der Waals surface area contributed by atoms with Crippen molar-refractivity contribution in [2.75, 3.05) is 33.1 Å². The van der Waals surface area contributed by atoms with E-state index < -0.39 is 24.5 Å². The minimum atomic E-state index is -0.686. The first-order valence-electron chi connectivity index (χ1n) is 8.95. The van der Waals surface area contributed by atoms with Gasteiger partial charge in [-0.25, -0.2) is 9.59 Å². The maximum absolute atomic E-state index is 11.9. The standard InChI is InChI=1S/C22H22N2O6/c1-24(2)21(27)16-9-11-18(12-10-16)23-19(25)14-30-20(26)13-6-15-4-7-17(8-5-15)22(28)29-3/h4-13H,14H2,1-3H3,(H,23,25)/b13-6+. The minimum absolute atomic E-state index is 0.145. The fraction of sp³-hybridized carbons (Fsp3) is 0.182. The van der Waals surface area contributed by atoms with E-state index in [-0.39, 0.29) is 5.91 Å². The summed E-state index contributed by atoms with van der Waals surface area (Å²) < 4.78 is 9.51. The van der Waals surface area contributed by atoms with Crippen molar-refractivity contribution >= 4 is 35.5 Å². The van der Waals surface area contributed by atoms with Gasteiger partial charge in [-0.15, -0.1) is 0 Å². The second-order valence-corrected chi connectivity index (χ2v) is 6.38. The third kappa shape index (κ3) is 6.59. The highest BCUT2D eigenvalue weighted by Crippen LogP contribution is 2.11. The molecule has 0 aliphatic carbocycles. The summed E-state index contributed by atoms with van der Waals surface area (Å²) in [6, 6.07) is 12.8. The van der Waals surface area contributed by atoms with Gasteiger partial charge in [0.05, 0.1) is 12.7 Å². The van der Waals surface area contributed by atoms with E-state index in [2.05, 4.69) is 10.1 Å². The lowest BCUT2D eigenvalue weighted by Crippen LogP contribution is -2.22. The first-order valence-corrected chi connectivity index (χ1v) is 8.95. The molecule has 0 heterocycles. The van der Waals surface area contributed by atoms with Gasteiger partial charge in [-0.3, -0.25) is 9.59 Å². The molecule has 0 aromatic heterocycles. The third-order valence-electron chi connectivity index (χ3n) is 3.91. The Balaban J connectivity index is 1.81. The van der Waals surface area contributed by atoms with Crippen LogP contribution in [0.5, 0.6) is 0 Å². The van der Waals surface area contributed by atoms with Gasteiger partial charge < -0.3 is 19.7 Å². The molecule has 156 valence electrons. The van der Waals surface area contributed by atoms with E-state index in [0.29, 0.717) is 22.4 Å². The summed E-state index contributed by atoms with van der Waals surface area (Å²) in [4.78, 5) is 48.4. The van der Waals surface area contributed by atoms with Crippen molar-refractivity contribution in [1.82, 2.24) is 4.90 Å². The molecular weight excluding hydrogens is 388 g/mol. The monoisotopic (exact) mass is 410 g/mol. The summed E-state index contributed by atoms with van der Waals surface area (Å²) in [5.74, 6) is -1.79. The van der Waals surface area contributed by atoms with Crippen molar-refractivity contribution in [2.24, 2.45) is 0 Å². The van der Waals surface area contributed by atoms with Crippen LogP contribution in [0.3, 0.4) is 0 Å². The van der Waals surface area contributed by atoms with E-state index in [4.69, 9.17) is 4.74 Å². The molecule has 0 radical (unpaired) electrons. The van der Waals surface area contributed by atoms with E-state index in [0.717, 1.165) is 0 Å². The quantitative estimate of drug-likeness (QED) is 0.555. The molecule has 8 heteroatoms. The van der Waals surface area contributed by atoms with E-state index in [9.17, 15) is 19.2 Å². The Morgan fingerprint density at radius 1 is 0.933 bits per heavy atom. The molecule has 0 aliphatic heterocycles. The number of hydrogen-bond donors (Lipinski definition) is 1.